The third-order valence-corrected chi connectivity index (χ3v) is 7.71. The number of aromatic nitrogens is 2. The highest BCUT2D eigenvalue weighted by atomic mass is 32.2. The van der Waals surface area contributed by atoms with Crippen molar-refractivity contribution >= 4 is 21.2 Å². The summed E-state index contributed by atoms with van der Waals surface area (Å²) in [5, 5.41) is 0. The van der Waals surface area contributed by atoms with Crippen molar-refractivity contribution in [2.45, 2.75) is 13.1 Å². The predicted octanol–water partition coefficient (Wildman–Crippen LogP) is 1.04. The van der Waals surface area contributed by atoms with Gasteiger partial charge in [-0.3, -0.25) is 9.47 Å². The summed E-state index contributed by atoms with van der Waals surface area (Å²) in [6, 6.07) is 6.85. The first-order valence-corrected chi connectivity index (χ1v) is 11.2. The number of hydrogen-bond acceptors (Lipinski definition) is 5. The van der Waals surface area contributed by atoms with Crippen molar-refractivity contribution < 1.29 is 17.2 Å². The number of nitrogens with zero attached hydrogens (tertiary/aromatic N) is 6. The van der Waals surface area contributed by atoms with Gasteiger partial charge in [-0.05, 0) is 19.2 Å². The van der Waals surface area contributed by atoms with Crippen molar-refractivity contribution in [2.75, 3.05) is 59.4 Å². The highest BCUT2D eigenvalue weighted by molar-refractivity contribution is 7.86. The molecule has 0 atom stereocenters. The van der Waals surface area contributed by atoms with Gasteiger partial charge in [-0.15, -0.1) is 0 Å². The van der Waals surface area contributed by atoms with E-state index in [-0.39, 0.29) is 6.54 Å². The fraction of sp³-hybridized carbons (Fsp3) is 0.611. The molecule has 0 unspecified atom stereocenters. The van der Waals surface area contributed by atoms with Crippen LogP contribution in [0.2, 0.25) is 0 Å². The summed E-state index contributed by atoms with van der Waals surface area (Å²) in [5.74, 6) is 0.302. The van der Waals surface area contributed by atoms with E-state index in [1.165, 1.54) is 4.31 Å². The molecule has 3 heterocycles. The van der Waals surface area contributed by atoms with E-state index in [1.54, 1.807) is 28.6 Å². The summed E-state index contributed by atoms with van der Waals surface area (Å²) in [4.78, 5) is 8.47. The fourth-order valence-electron chi connectivity index (χ4n) is 3.92. The molecule has 0 N–H and O–H groups in total. The lowest BCUT2D eigenvalue weighted by atomic mass is 10.3. The molecule has 0 saturated carbocycles. The van der Waals surface area contributed by atoms with Crippen molar-refractivity contribution in [3.05, 3.63) is 30.1 Å². The molecule has 0 radical (unpaired) electrons. The maximum atomic E-state index is 13.6. The Hall–Kier alpha value is -1.66. The van der Waals surface area contributed by atoms with Crippen LogP contribution in [0, 0.1) is 0 Å². The topological polar surface area (TPSA) is 64.9 Å². The van der Waals surface area contributed by atoms with Gasteiger partial charge in [0.05, 0.1) is 17.6 Å². The van der Waals surface area contributed by atoms with Crippen molar-refractivity contribution in [2.24, 2.45) is 0 Å². The van der Waals surface area contributed by atoms with E-state index in [4.69, 9.17) is 0 Å². The molecule has 1 aromatic heterocycles. The van der Waals surface area contributed by atoms with Gasteiger partial charge in [-0.25, -0.2) is 4.98 Å². The van der Waals surface area contributed by atoms with Crippen molar-refractivity contribution in [1.82, 2.24) is 28.0 Å². The van der Waals surface area contributed by atoms with Gasteiger partial charge in [0.15, 0.2) is 0 Å². The fourth-order valence-corrected chi connectivity index (χ4v) is 5.50. The van der Waals surface area contributed by atoms with Crippen LogP contribution in [-0.2, 0) is 16.8 Å². The number of fused-ring (bicyclic) bond motifs is 1. The van der Waals surface area contributed by atoms with Crippen LogP contribution < -0.4 is 0 Å². The maximum Gasteiger partial charge on any atom is 0.320 e. The molecule has 160 valence electrons. The lowest BCUT2D eigenvalue weighted by Gasteiger charge is -2.39. The van der Waals surface area contributed by atoms with E-state index in [2.05, 4.69) is 9.88 Å². The van der Waals surface area contributed by atoms with Gasteiger partial charge in [0, 0.05) is 52.4 Å². The minimum Gasteiger partial charge on any atom is -0.304 e. The van der Waals surface area contributed by atoms with Gasteiger partial charge in [-0.1, -0.05) is 12.1 Å². The summed E-state index contributed by atoms with van der Waals surface area (Å²) in [7, 11) is -1.49. The van der Waals surface area contributed by atoms with Crippen LogP contribution in [-0.4, -0.2) is 95.8 Å². The first-order valence-electron chi connectivity index (χ1n) is 9.76. The van der Waals surface area contributed by atoms with Crippen molar-refractivity contribution in [3.8, 4) is 0 Å². The average Bonchev–Trinajstić information content (AvgIpc) is 3.06. The molecule has 0 aliphatic carbocycles. The lowest BCUT2D eigenvalue weighted by Crippen LogP contribution is -2.56. The molecule has 29 heavy (non-hydrogen) atoms. The Balaban J connectivity index is 1.42. The molecule has 2 saturated heterocycles. The summed E-state index contributed by atoms with van der Waals surface area (Å²) < 4.78 is 57.0. The number of para-hydroxylation sites is 2. The molecule has 0 amide bonds. The second kappa shape index (κ2) is 8.23. The molecule has 2 aromatic rings. The van der Waals surface area contributed by atoms with Gasteiger partial charge < -0.3 is 4.90 Å². The first-order chi connectivity index (χ1) is 13.9. The Morgan fingerprint density at radius 3 is 2.17 bits per heavy atom. The highest BCUT2D eigenvalue weighted by Crippen LogP contribution is 2.24. The molecule has 4 rings (SSSR count). The summed E-state index contributed by atoms with van der Waals surface area (Å²) in [6.45, 7) is 1.71. The van der Waals surface area contributed by atoms with E-state index < -0.39 is 16.8 Å². The zero-order chi connectivity index (χ0) is 20.6. The van der Waals surface area contributed by atoms with Gasteiger partial charge in [0.1, 0.15) is 5.82 Å². The molecule has 2 aliphatic rings. The lowest BCUT2D eigenvalue weighted by molar-refractivity contribution is 0.0669. The smallest absolute Gasteiger partial charge is 0.304 e. The second-order valence-corrected chi connectivity index (χ2v) is 9.48. The zero-order valence-electron chi connectivity index (χ0n) is 16.4. The van der Waals surface area contributed by atoms with E-state index in [0.29, 0.717) is 56.1 Å². The van der Waals surface area contributed by atoms with Crippen LogP contribution in [0.5, 0.6) is 0 Å². The summed E-state index contributed by atoms with van der Waals surface area (Å²) in [6.07, 6.45) is 0. The SMILES string of the molecule is CN1CCN(S(=O)(=O)N2CCN(Cc3nc4ccccc4n3C(F)F)CC2)CC1. The zero-order valence-corrected chi connectivity index (χ0v) is 17.2. The Bertz CT molecular complexity index is 950. The third-order valence-electron chi connectivity index (χ3n) is 5.68. The number of alkyl halides is 2. The number of halogens is 2. The third kappa shape index (κ3) is 4.15. The first kappa shape index (κ1) is 20.6. The van der Waals surface area contributed by atoms with Crippen LogP contribution in [0.1, 0.15) is 12.4 Å². The minimum atomic E-state index is -3.47. The molecular weight excluding hydrogens is 402 g/mol. The molecule has 1 aromatic carbocycles. The molecular formula is C18H26F2N6O2S. The Morgan fingerprint density at radius 1 is 0.966 bits per heavy atom. The monoisotopic (exact) mass is 428 g/mol. The van der Waals surface area contributed by atoms with E-state index in [1.807, 2.05) is 11.9 Å². The maximum absolute atomic E-state index is 13.6. The molecule has 2 aliphatic heterocycles. The van der Waals surface area contributed by atoms with Gasteiger partial charge in [0.25, 0.3) is 10.2 Å². The number of benzene rings is 1. The Kier molecular flexibility index (Phi) is 5.85. The summed E-state index contributed by atoms with van der Waals surface area (Å²) in [5.41, 5.74) is 0.952. The van der Waals surface area contributed by atoms with Crippen molar-refractivity contribution in [3.63, 3.8) is 0 Å². The molecule has 2 fully saturated rings. The number of piperazine rings is 2. The molecule has 11 heteroatoms. The van der Waals surface area contributed by atoms with Crippen LogP contribution in [0.4, 0.5) is 8.78 Å². The molecule has 0 bridgehead atoms. The molecule has 0 spiro atoms. The Labute approximate surface area is 169 Å². The van der Waals surface area contributed by atoms with E-state index in [0.717, 1.165) is 17.7 Å². The molecule has 8 nitrogen and oxygen atoms in total. The number of imidazole rings is 1. The van der Waals surface area contributed by atoms with Crippen LogP contribution in [0.3, 0.4) is 0 Å². The quantitative estimate of drug-likeness (QED) is 0.712. The van der Waals surface area contributed by atoms with Crippen LogP contribution in [0.25, 0.3) is 11.0 Å². The van der Waals surface area contributed by atoms with E-state index in [9.17, 15) is 17.2 Å². The average molecular weight is 429 g/mol. The standard InChI is InChI=1S/C18H26F2N6O2S/c1-22-6-10-24(11-7-22)29(27,28)25-12-8-23(9-13-25)14-17-21-15-4-2-3-5-16(15)26(17)18(19)20/h2-5,18H,6-14H2,1H3. The predicted molar refractivity (Wildman–Crippen MR) is 106 cm³/mol. The largest absolute Gasteiger partial charge is 0.320 e. The van der Waals surface area contributed by atoms with E-state index >= 15 is 0 Å². The Morgan fingerprint density at radius 2 is 1.55 bits per heavy atom. The second-order valence-electron chi connectivity index (χ2n) is 7.55. The highest BCUT2D eigenvalue weighted by Gasteiger charge is 2.34. The van der Waals surface area contributed by atoms with Crippen molar-refractivity contribution in [1.29, 1.82) is 0 Å². The van der Waals surface area contributed by atoms with Gasteiger partial charge in [0.2, 0.25) is 0 Å². The number of hydrogen-bond donors (Lipinski definition) is 0. The number of likely N-dealkylation sites (N-methyl/N-ethyl adjacent to an activating group) is 1. The normalized spacial score (nSPS) is 21.4. The minimum absolute atomic E-state index is 0.265. The van der Waals surface area contributed by atoms with Crippen LogP contribution in [0.15, 0.2) is 24.3 Å². The number of rotatable bonds is 5. The van der Waals surface area contributed by atoms with Gasteiger partial charge >= 0.3 is 6.55 Å². The summed E-state index contributed by atoms with van der Waals surface area (Å²) >= 11 is 0. The van der Waals surface area contributed by atoms with Crippen LogP contribution >= 0.6 is 0 Å². The van der Waals surface area contributed by atoms with Gasteiger partial charge in [-0.2, -0.15) is 25.8 Å².